The number of rotatable bonds is 5. The molecule has 0 atom stereocenters. The highest BCUT2D eigenvalue weighted by atomic mass is 127. The van der Waals surface area contributed by atoms with Gasteiger partial charge in [-0.1, -0.05) is 60.7 Å². The molecule has 0 unspecified atom stereocenters. The molecule has 0 aliphatic rings. The second kappa shape index (κ2) is 6.34. The zero-order chi connectivity index (χ0) is 12.8. The van der Waals surface area contributed by atoms with Gasteiger partial charge in [-0.2, -0.15) is 0 Å². The van der Waals surface area contributed by atoms with Crippen molar-refractivity contribution in [3.05, 3.63) is 71.8 Å². The van der Waals surface area contributed by atoms with Gasteiger partial charge in [0.2, 0.25) is 0 Å². The Morgan fingerprint density at radius 3 is 1.50 bits per heavy atom. The first-order valence-electron chi connectivity index (χ1n) is 6.19. The van der Waals surface area contributed by atoms with Gasteiger partial charge in [-0.05, 0) is 22.6 Å². The summed E-state index contributed by atoms with van der Waals surface area (Å²) in [6.45, 7) is 2.16. The number of halogens is 1. The van der Waals surface area contributed by atoms with E-state index >= 15 is 0 Å². The average Bonchev–Trinajstić information content (AvgIpc) is 2.41. The van der Waals surface area contributed by atoms with Crippen LogP contribution in [0.15, 0.2) is 60.7 Å². The van der Waals surface area contributed by atoms with Crippen LogP contribution >= 0.6 is 22.6 Å². The number of alkyl halides is 1. The molecular weight excluding hydrogens is 333 g/mol. The van der Waals surface area contributed by atoms with Crippen LogP contribution in [0.1, 0.15) is 11.1 Å². The van der Waals surface area contributed by atoms with Crippen LogP contribution in [0.5, 0.6) is 0 Å². The molecule has 2 aromatic rings. The van der Waals surface area contributed by atoms with Crippen LogP contribution in [0.3, 0.4) is 0 Å². The van der Waals surface area contributed by atoms with Gasteiger partial charge < -0.3 is 4.48 Å². The van der Waals surface area contributed by atoms with Crippen molar-refractivity contribution >= 4 is 22.6 Å². The molecule has 0 aliphatic heterocycles. The van der Waals surface area contributed by atoms with Gasteiger partial charge in [0.05, 0.1) is 7.05 Å². The molecule has 0 bridgehead atoms. The number of benzene rings is 2. The monoisotopic (exact) mass is 352 g/mol. The van der Waals surface area contributed by atoms with E-state index in [1.165, 1.54) is 11.1 Å². The molecule has 0 radical (unpaired) electrons. The summed E-state index contributed by atoms with van der Waals surface area (Å²) in [7, 11) is 2.33. The van der Waals surface area contributed by atoms with E-state index in [1.807, 2.05) is 0 Å². The SMILES string of the molecule is C[N+](CI)(Cc1ccccc1)Cc1ccccc1. The molecule has 2 aromatic carbocycles. The topological polar surface area (TPSA) is 0 Å². The van der Waals surface area contributed by atoms with Crippen molar-refractivity contribution in [2.24, 2.45) is 0 Å². The molecule has 0 saturated carbocycles. The maximum atomic E-state index is 2.49. The van der Waals surface area contributed by atoms with Crippen molar-refractivity contribution in [1.82, 2.24) is 0 Å². The van der Waals surface area contributed by atoms with E-state index in [1.54, 1.807) is 0 Å². The van der Waals surface area contributed by atoms with E-state index in [2.05, 4.69) is 90.3 Å². The maximum Gasteiger partial charge on any atom is 0.130 e. The summed E-state index contributed by atoms with van der Waals surface area (Å²) in [5.74, 6) is 0. The molecule has 94 valence electrons. The largest absolute Gasteiger partial charge is 0.310 e. The molecule has 2 rings (SSSR count). The van der Waals surface area contributed by atoms with Gasteiger partial charge in [-0.3, -0.25) is 0 Å². The van der Waals surface area contributed by atoms with E-state index < -0.39 is 0 Å². The van der Waals surface area contributed by atoms with Crippen LogP contribution in [-0.4, -0.2) is 16.1 Å². The molecule has 0 amide bonds. The van der Waals surface area contributed by atoms with Crippen LogP contribution < -0.4 is 0 Å². The highest BCUT2D eigenvalue weighted by Gasteiger charge is 2.20. The standard InChI is InChI=1S/C16H19IN/c1-18(14-17,12-15-8-4-2-5-9-15)13-16-10-6-3-7-11-16/h2-11H,12-14H2,1H3/q+1. The van der Waals surface area contributed by atoms with Gasteiger partial charge in [0.1, 0.15) is 17.6 Å². The minimum absolute atomic E-state index is 1.04. The lowest BCUT2D eigenvalue weighted by atomic mass is 10.1. The Hall–Kier alpha value is -0.870. The summed E-state index contributed by atoms with van der Waals surface area (Å²) >= 11 is 2.49. The Kier molecular flexibility index (Phi) is 4.78. The molecule has 0 aromatic heterocycles. The lowest BCUT2D eigenvalue weighted by Crippen LogP contribution is -2.40. The summed E-state index contributed by atoms with van der Waals surface area (Å²) in [5.41, 5.74) is 2.82. The molecular formula is C16H19IN+. The Balaban J connectivity index is 2.11. The highest BCUT2D eigenvalue weighted by molar-refractivity contribution is 14.1. The molecule has 0 aliphatic carbocycles. The quantitative estimate of drug-likeness (QED) is 0.327. The van der Waals surface area contributed by atoms with Crippen LogP contribution in [0, 0.1) is 0 Å². The van der Waals surface area contributed by atoms with Gasteiger partial charge >= 0.3 is 0 Å². The van der Waals surface area contributed by atoms with Gasteiger partial charge in [-0.25, -0.2) is 0 Å². The molecule has 0 saturated heterocycles. The molecule has 0 heterocycles. The molecule has 1 nitrogen and oxygen atoms in total. The lowest BCUT2D eigenvalue weighted by molar-refractivity contribution is -0.920. The van der Waals surface area contributed by atoms with Crippen LogP contribution in [0.4, 0.5) is 0 Å². The number of nitrogens with zero attached hydrogens (tertiary/aromatic N) is 1. The average molecular weight is 352 g/mol. The minimum Gasteiger partial charge on any atom is -0.310 e. The summed E-state index contributed by atoms with van der Waals surface area (Å²) in [6, 6.07) is 21.5. The predicted octanol–water partition coefficient (Wildman–Crippen LogP) is 4.23. The van der Waals surface area contributed by atoms with Gasteiger partial charge in [0.15, 0.2) is 0 Å². The highest BCUT2D eigenvalue weighted by Crippen LogP contribution is 2.18. The maximum absolute atomic E-state index is 2.49. The van der Waals surface area contributed by atoms with Gasteiger partial charge in [-0.15, -0.1) is 0 Å². The van der Waals surface area contributed by atoms with E-state index in [0.717, 1.165) is 22.1 Å². The molecule has 0 N–H and O–H groups in total. The summed E-state index contributed by atoms with van der Waals surface area (Å²) in [6.07, 6.45) is 0. The van der Waals surface area contributed by atoms with E-state index in [-0.39, 0.29) is 0 Å². The van der Waals surface area contributed by atoms with Crippen molar-refractivity contribution in [2.45, 2.75) is 13.1 Å². The second-order valence-corrected chi connectivity index (χ2v) is 5.71. The number of quaternary nitrogens is 1. The fourth-order valence-corrected chi connectivity index (χ4v) is 2.67. The second-order valence-electron chi connectivity index (χ2n) is 5.03. The predicted molar refractivity (Wildman–Crippen MR) is 85.4 cm³/mol. The fraction of sp³-hybridized carbons (Fsp3) is 0.250. The summed E-state index contributed by atoms with van der Waals surface area (Å²) in [5, 5.41) is 0. The molecule has 0 fully saturated rings. The Bertz CT molecular complexity index is 425. The fourth-order valence-electron chi connectivity index (χ4n) is 2.19. The third kappa shape index (κ3) is 3.82. The van der Waals surface area contributed by atoms with Crippen molar-refractivity contribution in [3.63, 3.8) is 0 Å². The van der Waals surface area contributed by atoms with Crippen molar-refractivity contribution in [3.8, 4) is 0 Å². The first-order chi connectivity index (χ1) is 8.72. The normalized spacial score (nSPS) is 11.4. The molecule has 2 heteroatoms. The third-order valence-electron chi connectivity index (χ3n) is 3.10. The minimum atomic E-state index is 1.04. The Morgan fingerprint density at radius 2 is 1.17 bits per heavy atom. The van der Waals surface area contributed by atoms with Crippen molar-refractivity contribution in [1.29, 1.82) is 0 Å². The van der Waals surface area contributed by atoms with Crippen LogP contribution in [-0.2, 0) is 13.1 Å². The van der Waals surface area contributed by atoms with E-state index in [0.29, 0.717) is 0 Å². The molecule has 18 heavy (non-hydrogen) atoms. The smallest absolute Gasteiger partial charge is 0.130 e. The zero-order valence-corrected chi connectivity index (χ0v) is 12.9. The molecule has 0 spiro atoms. The van der Waals surface area contributed by atoms with E-state index in [4.69, 9.17) is 0 Å². The first-order valence-corrected chi connectivity index (χ1v) is 7.72. The van der Waals surface area contributed by atoms with Crippen LogP contribution in [0.2, 0.25) is 0 Å². The number of hydrogen-bond donors (Lipinski definition) is 0. The third-order valence-corrected chi connectivity index (χ3v) is 4.75. The Labute approximate surface area is 123 Å². The van der Waals surface area contributed by atoms with Gasteiger partial charge in [0.25, 0.3) is 0 Å². The van der Waals surface area contributed by atoms with Gasteiger partial charge in [0, 0.05) is 11.1 Å². The van der Waals surface area contributed by atoms with E-state index in [9.17, 15) is 0 Å². The number of hydrogen-bond acceptors (Lipinski definition) is 0. The zero-order valence-electron chi connectivity index (χ0n) is 10.7. The first kappa shape index (κ1) is 13.6. The lowest BCUT2D eigenvalue weighted by Gasteiger charge is -2.32. The Morgan fingerprint density at radius 1 is 0.778 bits per heavy atom. The summed E-state index contributed by atoms with van der Waals surface area (Å²) < 4.78 is 2.15. The summed E-state index contributed by atoms with van der Waals surface area (Å²) in [4.78, 5) is 0. The van der Waals surface area contributed by atoms with Crippen molar-refractivity contribution in [2.75, 3.05) is 11.6 Å². The van der Waals surface area contributed by atoms with Crippen LogP contribution in [0.25, 0.3) is 0 Å². The van der Waals surface area contributed by atoms with Crippen molar-refractivity contribution < 1.29 is 4.48 Å².